The molecule has 0 bridgehead atoms. The molecule has 2 amide bonds. The number of azide groups is 1. The van der Waals surface area contributed by atoms with Gasteiger partial charge in [0.05, 0.1) is 0 Å². The van der Waals surface area contributed by atoms with E-state index in [4.69, 9.17) is 15.0 Å². The second-order valence-corrected chi connectivity index (χ2v) is 7.70. The molecule has 0 aliphatic carbocycles. The van der Waals surface area contributed by atoms with Crippen LogP contribution in [0.15, 0.2) is 17.4 Å². The maximum atomic E-state index is 12.6. The van der Waals surface area contributed by atoms with Crippen LogP contribution in [0.1, 0.15) is 53.7 Å². The average Bonchev–Trinajstić information content (AvgIpc) is 2.48. The van der Waals surface area contributed by atoms with Crippen LogP contribution in [0.25, 0.3) is 10.4 Å². The summed E-state index contributed by atoms with van der Waals surface area (Å²) in [5, 5.41) is 3.46. The second-order valence-electron chi connectivity index (χ2n) is 7.70. The van der Waals surface area contributed by atoms with Crippen LogP contribution >= 0.6 is 0 Å². The minimum absolute atomic E-state index is 0.139. The minimum Gasteiger partial charge on any atom is -0.443 e. The molecule has 1 heterocycles. The summed E-state index contributed by atoms with van der Waals surface area (Å²) in [5.74, 6) is -0.139. The maximum absolute atomic E-state index is 12.6. The van der Waals surface area contributed by atoms with Crippen LogP contribution in [0.2, 0.25) is 0 Å². The summed E-state index contributed by atoms with van der Waals surface area (Å²) in [5.41, 5.74) is 7.27. The van der Waals surface area contributed by atoms with Gasteiger partial charge in [0.25, 0.3) is 0 Å². The van der Waals surface area contributed by atoms with Gasteiger partial charge in [0, 0.05) is 23.3 Å². The molecular formula is C17H26N6O4. The van der Waals surface area contributed by atoms with Gasteiger partial charge in [-0.05, 0) is 66.0 Å². The van der Waals surface area contributed by atoms with E-state index in [2.05, 4.69) is 20.0 Å². The van der Waals surface area contributed by atoms with Crippen LogP contribution in [0.5, 0.6) is 0 Å². The van der Waals surface area contributed by atoms with Crippen molar-refractivity contribution in [3.8, 4) is 0 Å². The van der Waals surface area contributed by atoms with E-state index in [0.717, 1.165) is 0 Å². The monoisotopic (exact) mass is 378 g/mol. The lowest BCUT2D eigenvalue weighted by atomic mass is 10.2. The first-order chi connectivity index (χ1) is 12.4. The molecule has 0 N–H and O–H groups in total. The van der Waals surface area contributed by atoms with Crippen molar-refractivity contribution in [1.82, 2.24) is 9.97 Å². The highest BCUT2D eigenvalue weighted by molar-refractivity contribution is 6.08. The molecule has 0 aromatic carbocycles. The van der Waals surface area contributed by atoms with E-state index in [9.17, 15) is 9.59 Å². The molecule has 0 spiro atoms. The number of ether oxygens (including phenoxy) is 2. The lowest BCUT2D eigenvalue weighted by molar-refractivity contribution is 0.0427. The molecule has 0 radical (unpaired) electrons. The normalized spacial score (nSPS) is 11.3. The second kappa shape index (κ2) is 9.18. The van der Waals surface area contributed by atoms with E-state index in [1.54, 1.807) is 47.6 Å². The summed E-state index contributed by atoms with van der Waals surface area (Å²) in [7, 11) is 0. The van der Waals surface area contributed by atoms with Crippen molar-refractivity contribution >= 4 is 18.1 Å². The molecule has 0 fully saturated rings. The van der Waals surface area contributed by atoms with Crippen LogP contribution < -0.4 is 4.90 Å². The van der Waals surface area contributed by atoms with Crippen LogP contribution in [-0.2, 0) is 15.9 Å². The van der Waals surface area contributed by atoms with E-state index in [1.807, 2.05) is 0 Å². The summed E-state index contributed by atoms with van der Waals surface area (Å²) in [6.45, 7) is 10.4. The Morgan fingerprint density at radius 2 is 1.70 bits per heavy atom. The SMILES string of the molecule is CC(C)(C)OC(=O)N(C(=O)OC(C)(C)C)c1nccc(CCCN=[N+]=[N-])n1. The van der Waals surface area contributed by atoms with Gasteiger partial charge in [-0.2, -0.15) is 0 Å². The molecule has 0 unspecified atom stereocenters. The third-order valence-electron chi connectivity index (χ3n) is 2.81. The maximum Gasteiger partial charge on any atom is 0.427 e. The third kappa shape index (κ3) is 8.37. The number of amides is 2. The van der Waals surface area contributed by atoms with Crippen molar-refractivity contribution in [1.29, 1.82) is 0 Å². The van der Waals surface area contributed by atoms with E-state index < -0.39 is 23.4 Å². The van der Waals surface area contributed by atoms with Gasteiger partial charge in [0.2, 0.25) is 5.95 Å². The molecule has 0 saturated carbocycles. The van der Waals surface area contributed by atoms with Crippen LogP contribution in [0, 0.1) is 0 Å². The molecule has 0 aliphatic rings. The molecule has 0 aliphatic heterocycles. The number of imide groups is 1. The van der Waals surface area contributed by atoms with E-state index in [1.165, 1.54) is 6.20 Å². The fourth-order valence-electron chi connectivity index (χ4n) is 1.86. The number of aromatic nitrogens is 2. The molecule has 27 heavy (non-hydrogen) atoms. The van der Waals surface area contributed by atoms with Crippen LogP contribution in [0.4, 0.5) is 15.5 Å². The van der Waals surface area contributed by atoms with Crippen LogP contribution in [0.3, 0.4) is 0 Å². The predicted molar refractivity (Wildman–Crippen MR) is 99.3 cm³/mol. The number of rotatable bonds is 5. The van der Waals surface area contributed by atoms with E-state index in [0.29, 0.717) is 30.0 Å². The van der Waals surface area contributed by atoms with Crippen molar-refractivity contribution in [3.63, 3.8) is 0 Å². The zero-order chi connectivity index (χ0) is 20.7. The molecule has 1 rings (SSSR count). The standard InChI is InChI=1S/C17H26N6O4/c1-16(2,3)26-14(24)23(15(25)27-17(4,5)6)13-19-11-9-12(21-13)8-7-10-20-22-18/h9,11H,7-8,10H2,1-6H3. The molecule has 10 heteroatoms. The zero-order valence-corrected chi connectivity index (χ0v) is 16.6. The lowest BCUT2D eigenvalue weighted by Crippen LogP contribution is -2.44. The van der Waals surface area contributed by atoms with Crippen molar-refractivity contribution in [3.05, 3.63) is 28.4 Å². The number of hydrogen-bond donors (Lipinski definition) is 0. The Labute approximate surface area is 158 Å². The Morgan fingerprint density at radius 1 is 1.15 bits per heavy atom. The number of carbonyl (C=O) groups is 2. The van der Waals surface area contributed by atoms with Gasteiger partial charge in [-0.3, -0.25) is 0 Å². The number of nitrogens with zero attached hydrogens (tertiary/aromatic N) is 6. The molecule has 0 saturated heterocycles. The summed E-state index contributed by atoms with van der Waals surface area (Å²) in [4.78, 5) is 36.8. The molecule has 1 aromatic heterocycles. The fourth-order valence-corrected chi connectivity index (χ4v) is 1.86. The number of carbonyl (C=O) groups excluding carboxylic acids is 2. The first-order valence-electron chi connectivity index (χ1n) is 8.52. The molecule has 1 aromatic rings. The topological polar surface area (TPSA) is 130 Å². The molecule has 148 valence electrons. The first-order valence-corrected chi connectivity index (χ1v) is 8.52. The number of aryl methyl sites for hydroxylation is 1. The average molecular weight is 378 g/mol. The third-order valence-corrected chi connectivity index (χ3v) is 2.81. The Bertz CT molecular complexity index is 689. The molecule has 10 nitrogen and oxygen atoms in total. The quantitative estimate of drug-likeness (QED) is 0.323. The Kier molecular flexibility index (Phi) is 7.54. The largest absolute Gasteiger partial charge is 0.443 e. The summed E-state index contributed by atoms with van der Waals surface area (Å²) >= 11 is 0. The van der Waals surface area contributed by atoms with Crippen molar-refractivity contribution in [2.45, 2.75) is 65.6 Å². The molecule has 0 atom stereocenters. The number of anilines is 1. The summed E-state index contributed by atoms with van der Waals surface area (Å²) in [6.07, 6.45) is 0.642. The van der Waals surface area contributed by atoms with Crippen molar-refractivity contribution in [2.24, 2.45) is 5.11 Å². The fraction of sp³-hybridized carbons (Fsp3) is 0.647. The minimum atomic E-state index is -0.928. The van der Waals surface area contributed by atoms with Gasteiger partial charge in [-0.15, -0.1) is 4.90 Å². The van der Waals surface area contributed by atoms with Crippen molar-refractivity contribution in [2.75, 3.05) is 11.4 Å². The van der Waals surface area contributed by atoms with Gasteiger partial charge in [-0.1, -0.05) is 5.11 Å². The lowest BCUT2D eigenvalue weighted by Gasteiger charge is -2.27. The highest BCUT2D eigenvalue weighted by Crippen LogP contribution is 2.19. The number of hydrogen-bond acceptors (Lipinski definition) is 7. The Morgan fingerprint density at radius 3 is 2.19 bits per heavy atom. The summed E-state index contributed by atoms with van der Waals surface area (Å²) in [6, 6.07) is 1.65. The van der Waals surface area contributed by atoms with E-state index >= 15 is 0 Å². The van der Waals surface area contributed by atoms with Gasteiger partial charge < -0.3 is 9.47 Å². The van der Waals surface area contributed by atoms with Gasteiger partial charge >= 0.3 is 12.2 Å². The molecular weight excluding hydrogens is 352 g/mol. The first kappa shape index (κ1) is 22.2. The highest BCUT2D eigenvalue weighted by atomic mass is 16.6. The van der Waals surface area contributed by atoms with Crippen LogP contribution in [-0.4, -0.2) is 39.9 Å². The zero-order valence-electron chi connectivity index (χ0n) is 16.6. The smallest absolute Gasteiger partial charge is 0.427 e. The van der Waals surface area contributed by atoms with E-state index in [-0.39, 0.29) is 5.95 Å². The van der Waals surface area contributed by atoms with Gasteiger partial charge in [0.1, 0.15) is 11.2 Å². The summed E-state index contributed by atoms with van der Waals surface area (Å²) < 4.78 is 10.6. The Balaban J connectivity index is 3.12. The van der Waals surface area contributed by atoms with Gasteiger partial charge in [0.15, 0.2) is 0 Å². The van der Waals surface area contributed by atoms with Crippen molar-refractivity contribution < 1.29 is 19.1 Å². The predicted octanol–water partition coefficient (Wildman–Crippen LogP) is 4.40. The Hall–Kier alpha value is -2.87. The highest BCUT2D eigenvalue weighted by Gasteiger charge is 2.34. The van der Waals surface area contributed by atoms with Gasteiger partial charge in [-0.25, -0.2) is 19.6 Å².